The van der Waals surface area contributed by atoms with Crippen LogP contribution in [0.15, 0.2) is 30.3 Å². The van der Waals surface area contributed by atoms with Crippen molar-refractivity contribution in [1.29, 1.82) is 0 Å². The summed E-state index contributed by atoms with van der Waals surface area (Å²) in [6.45, 7) is 0. The summed E-state index contributed by atoms with van der Waals surface area (Å²) in [4.78, 5) is 10.5. The van der Waals surface area contributed by atoms with Gasteiger partial charge in [-0.3, -0.25) is 4.79 Å². The summed E-state index contributed by atoms with van der Waals surface area (Å²) < 4.78 is 0. The molecule has 0 aromatic heterocycles. The summed E-state index contributed by atoms with van der Waals surface area (Å²) in [5.74, 6) is -1.06. The first-order valence-corrected chi connectivity index (χ1v) is 3.90. The molecule has 0 spiro atoms. The van der Waals surface area contributed by atoms with Gasteiger partial charge in [0.2, 0.25) is 0 Å². The van der Waals surface area contributed by atoms with Crippen molar-refractivity contribution < 1.29 is 15.1 Å². The maximum absolute atomic E-state index is 10.5. The predicted octanol–water partition coefficient (Wildman–Crippen LogP) is 0.661. The Balaban J connectivity index is 2.62. The Bertz CT molecular complexity index is 273. The number of carboxylic acids is 1. The molecule has 4 nitrogen and oxygen atoms in total. The number of rotatable bonds is 4. The van der Waals surface area contributed by atoms with Gasteiger partial charge in [-0.05, 0) is 5.56 Å². The van der Waals surface area contributed by atoms with Gasteiger partial charge in [0.25, 0.3) is 0 Å². The Morgan fingerprint density at radius 1 is 1.38 bits per heavy atom. The van der Waals surface area contributed by atoms with Crippen LogP contribution in [-0.4, -0.2) is 22.3 Å². The van der Waals surface area contributed by atoms with Crippen molar-refractivity contribution in [3.63, 3.8) is 0 Å². The third kappa shape index (κ3) is 2.85. The first-order valence-electron chi connectivity index (χ1n) is 3.90. The van der Waals surface area contributed by atoms with Gasteiger partial charge in [0.05, 0.1) is 0 Å². The van der Waals surface area contributed by atoms with Crippen molar-refractivity contribution >= 4 is 5.97 Å². The van der Waals surface area contributed by atoms with E-state index in [2.05, 4.69) is 0 Å². The fraction of sp³-hybridized carbons (Fsp3) is 0.222. The molecule has 0 radical (unpaired) electrons. The van der Waals surface area contributed by atoms with Gasteiger partial charge in [-0.1, -0.05) is 30.3 Å². The van der Waals surface area contributed by atoms with E-state index in [1.54, 1.807) is 5.48 Å². The minimum absolute atomic E-state index is 0.271. The highest BCUT2D eigenvalue weighted by Gasteiger charge is 2.15. The second-order valence-electron chi connectivity index (χ2n) is 2.71. The van der Waals surface area contributed by atoms with Crippen LogP contribution in [0.25, 0.3) is 0 Å². The predicted molar refractivity (Wildman–Crippen MR) is 46.5 cm³/mol. The molecule has 0 saturated carbocycles. The number of aliphatic carboxylic acids is 1. The van der Waals surface area contributed by atoms with Crippen LogP contribution in [0.3, 0.4) is 0 Å². The fourth-order valence-corrected chi connectivity index (χ4v) is 1.04. The highest BCUT2D eigenvalue weighted by molar-refractivity contribution is 5.73. The van der Waals surface area contributed by atoms with Crippen LogP contribution in [0.2, 0.25) is 0 Å². The lowest BCUT2D eigenvalue weighted by atomic mass is 10.1. The van der Waals surface area contributed by atoms with Crippen molar-refractivity contribution in [3.8, 4) is 0 Å². The molecule has 1 aromatic carbocycles. The lowest BCUT2D eigenvalue weighted by Crippen LogP contribution is -2.36. The van der Waals surface area contributed by atoms with Gasteiger partial charge in [-0.25, -0.2) is 0 Å². The summed E-state index contributed by atoms with van der Waals surface area (Å²) in [7, 11) is 0. The second kappa shape index (κ2) is 4.59. The van der Waals surface area contributed by atoms with Crippen molar-refractivity contribution in [2.75, 3.05) is 0 Å². The molecule has 1 atom stereocenters. The van der Waals surface area contributed by atoms with E-state index >= 15 is 0 Å². The maximum atomic E-state index is 10.5. The zero-order valence-electron chi connectivity index (χ0n) is 6.97. The number of hydrogen-bond acceptors (Lipinski definition) is 3. The van der Waals surface area contributed by atoms with Crippen molar-refractivity contribution in [2.45, 2.75) is 12.5 Å². The van der Waals surface area contributed by atoms with Crippen LogP contribution in [0.5, 0.6) is 0 Å². The summed E-state index contributed by atoms with van der Waals surface area (Å²) in [5.41, 5.74) is 2.62. The minimum Gasteiger partial charge on any atom is -0.480 e. The van der Waals surface area contributed by atoms with Gasteiger partial charge in [-0.2, -0.15) is 5.48 Å². The van der Waals surface area contributed by atoms with Gasteiger partial charge in [0, 0.05) is 6.42 Å². The second-order valence-corrected chi connectivity index (χ2v) is 2.71. The molecule has 1 rings (SSSR count). The molecule has 0 heterocycles. The van der Waals surface area contributed by atoms with Gasteiger partial charge in [0.1, 0.15) is 6.04 Å². The van der Waals surface area contributed by atoms with Crippen LogP contribution in [0.1, 0.15) is 5.56 Å². The zero-order chi connectivity index (χ0) is 9.68. The van der Waals surface area contributed by atoms with Crippen LogP contribution in [-0.2, 0) is 11.2 Å². The maximum Gasteiger partial charge on any atom is 0.323 e. The molecule has 3 N–H and O–H groups in total. The van der Waals surface area contributed by atoms with Crippen molar-refractivity contribution in [3.05, 3.63) is 35.9 Å². The Labute approximate surface area is 75.8 Å². The first-order chi connectivity index (χ1) is 6.24. The number of nitrogens with one attached hydrogen (secondary N) is 1. The summed E-state index contributed by atoms with van der Waals surface area (Å²) >= 11 is 0. The third-order valence-electron chi connectivity index (χ3n) is 1.74. The highest BCUT2D eigenvalue weighted by Crippen LogP contribution is 2.02. The van der Waals surface area contributed by atoms with E-state index in [1.807, 2.05) is 30.3 Å². The minimum atomic E-state index is -1.06. The highest BCUT2D eigenvalue weighted by atomic mass is 16.5. The quantitative estimate of drug-likeness (QED) is 0.597. The summed E-state index contributed by atoms with van der Waals surface area (Å²) in [5, 5.41) is 17.1. The van der Waals surface area contributed by atoms with Gasteiger partial charge < -0.3 is 10.3 Å². The van der Waals surface area contributed by atoms with Gasteiger partial charge in [0.15, 0.2) is 0 Å². The molecule has 0 bridgehead atoms. The Morgan fingerprint density at radius 3 is 2.46 bits per heavy atom. The molecular weight excluding hydrogens is 170 g/mol. The average molecular weight is 181 g/mol. The fourth-order valence-electron chi connectivity index (χ4n) is 1.04. The lowest BCUT2D eigenvalue weighted by Gasteiger charge is -2.09. The molecule has 0 saturated heterocycles. The van der Waals surface area contributed by atoms with E-state index in [-0.39, 0.29) is 6.42 Å². The molecule has 0 aliphatic rings. The number of hydroxylamine groups is 1. The van der Waals surface area contributed by atoms with Gasteiger partial charge >= 0.3 is 5.97 Å². The van der Waals surface area contributed by atoms with E-state index in [9.17, 15) is 4.79 Å². The zero-order valence-corrected chi connectivity index (χ0v) is 6.97. The van der Waals surface area contributed by atoms with E-state index in [1.165, 1.54) is 0 Å². The Kier molecular flexibility index (Phi) is 3.42. The van der Waals surface area contributed by atoms with Gasteiger partial charge in [-0.15, -0.1) is 0 Å². The molecule has 0 amide bonds. The van der Waals surface area contributed by atoms with E-state index in [0.717, 1.165) is 5.56 Å². The number of benzene rings is 1. The average Bonchev–Trinajstić information content (AvgIpc) is 2.15. The molecule has 0 aliphatic heterocycles. The topological polar surface area (TPSA) is 69.6 Å². The molecule has 70 valence electrons. The summed E-state index contributed by atoms with van der Waals surface area (Å²) in [6, 6.07) is 8.19. The number of carbonyl (C=O) groups is 1. The van der Waals surface area contributed by atoms with E-state index in [0.29, 0.717) is 0 Å². The normalized spacial score (nSPS) is 12.4. The van der Waals surface area contributed by atoms with Crippen molar-refractivity contribution in [2.24, 2.45) is 0 Å². The molecule has 1 aromatic rings. The lowest BCUT2D eigenvalue weighted by molar-refractivity contribution is -0.142. The van der Waals surface area contributed by atoms with Crippen LogP contribution in [0, 0.1) is 0 Å². The Hall–Kier alpha value is -1.39. The van der Waals surface area contributed by atoms with E-state index < -0.39 is 12.0 Å². The standard InChI is InChI=1S/C9H11NO3/c11-9(12)8(10-13)6-7-4-2-1-3-5-7/h1-5,8,10,13H,6H2,(H,11,12)/t8-/m0/s1. The largest absolute Gasteiger partial charge is 0.480 e. The van der Waals surface area contributed by atoms with Crippen LogP contribution in [0.4, 0.5) is 0 Å². The molecular formula is C9H11NO3. The smallest absolute Gasteiger partial charge is 0.323 e. The molecule has 0 aliphatic carbocycles. The van der Waals surface area contributed by atoms with Crippen LogP contribution >= 0.6 is 0 Å². The number of hydrogen-bond donors (Lipinski definition) is 3. The monoisotopic (exact) mass is 181 g/mol. The first kappa shape index (κ1) is 9.70. The molecule has 13 heavy (non-hydrogen) atoms. The molecule has 0 unspecified atom stereocenters. The molecule has 0 fully saturated rings. The van der Waals surface area contributed by atoms with Crippen LogP contribution < -0.4 is 5.48 Å². The van der Waals surface area contributed by atoms with E-state index in [4.69, 9.17) is 10.3 Å². The van der Waals surface area contributed by atoms with Crippen molar-refractivity contribution in [1.82, 2.24) is 5.48 Å². The molecule has 4 heteroatoms. The Morgan fingerprint density at radius 2 is 2.00 bits per heavy atom. The third-order valence-corrected chi connectivity index (χ3v) is 1.74. The SMILES string of the molecule is O=C(O)[C@H](Cc1ccccc1)NO. The summed E-state index contributed by atoms with van der Waals surface area (Å²) in [6.07, 6.45) is 0.271. The number of carboxylic acid groups (broad SMARTS) is 1.